The third-order valence-corrected chi connectivity index (χ3v) is 4.83. The van der Waals surface area contributed by atoms with E-state index < -0.39 is 28.0 Å². The predicted molar refractivity (Wildman–Crippen MR) is 93.6 cm³/mol. The van der Waals surface area contributed by atoms with Gasteiger partial charge in [-0.2, -0.15) is 0 Å². The Balaban J connectivity index is 1.99. The van der Waals surface area contributed by atoms with E-state index >= 15 is 0 Å². The second kappa shape index (κ2) is 5.53. The van der Waals surface area contributed by atoms with E-state index in [0.29, 0.717) is 17.7 Å². The van der Waals surface area contributed by atoms with Gasteiger partial charge < -0.3 is 9.73 Å². The van der Waals surface area contributed by atoms with Crippen LogP contribution in [0.15, 0.2) is 37.4 Å². The molecule has 1 aliphatic heterocycles. The van der Waals surface area contributed by atoms with Crippen LogP contribution >= 0.6 is 0 Å². The van der Waals surface area contributed by atoms with Crippen molar-refractivity contribution in [3.8, 4) is 0 Å². The summed E-state index contributed by atoms with van der Waals surface area (Å²) in [7, 11) is 0. The van der Waals surface area contributed by atoms with Crippen molar-refractivity contribution in [3.05, 3.63) is 65.7 Å². The standard InChI is InChI=1S/C17H16N4O6/c1-17(2)5-7-11(8(22)6-17)12(9-3-4-10(27-9)21(25)26)13-14(18-7)19-16(24)20-15(13)23/h3-4,12H,5-6H2,1-2H3,(H3,18,19,20,23,24). The van der Waals surface area contributed by atoms with Gasteiger partial charge in [0, 0.05) is 17.7 Å². The second-order valence-corrected chi connectivity index (χ2v) is 7.52. The van der Waals surface area contributed by atoms with Crippen molar-refractivity contribution in [1.82, 2.24) is 9.97 Å². The Kier molecular flexibility index (Phi) is 3.48. The summed E-state index contributed by atoms with van der Waals surface area (Å²) in [6, 6.07) is 2.55. The third-order valence-electron chi connectivity index (χ3n) is 4.83. The van der Waals surface area contributed by atoms with Crippen LogP contribution in [0.25, 0.3) is 0 Å². The average molecular weight is 372 g/mol. The Morgan fingerprint density at radius 3 is 2.59 bits per heavy atom. The Morgan fingerprint density at radius 2 is 1.93 bits per heavy atom. The lowest BCUT2D eigenvalue weighted by molar-refractivity contribution is -0.402. The van der Waals surface area contributed by atoms with Crippen molar-refractivity contribution >= 4 is 17.5 Å². The lowest BCUT2D eigenvalue weighted by atomic mass is 9.70. The highest BCUT2D eigenvalue weighted by Gasteiger charge is 2.43. The number of allylic oxidation sites excluding steroid dienone is 2. The van der Waals surface area contributed by atoms with Crippen molar-refractivity contribution < 1.29 is 14.1 Å². The molecule has 27 heavy (non-hydrogen) atoms. The number of fused-ring (bicyclic) bond motifs is 1. The number of anilines is 1. The number of carbonyl (C=O) groups is 1. The van der Waals surface area contributed by atoms with E-state index in [2.05, 4.69) is 15.3 Å². The molecular weight excluding hydrogens is 356 g/mol. The molecule has 0 saturated carbocycles. The molecule has 0 saturated heterocycles. The number of furan rings is 1. The Bertz CT molecular complexity index is 1130. The van der Waals surface area contributed by atoms with Gasteiger partial charge in [0.05, 0.1) is 17.5 Å². The molecule has 0 spiro atoms. The van der Waals surface area contributed by atoms with Crippen molar-refractivity contribution in [2.24, 2.45) is 5.41 Å². The molecule has 0 bridgehead atoms. The zero-order chi connectivity index (χ0) is 19.5. The minimum Gasteiger partial charge on any atom is -0.405 e. The second-order valence-electron chi connectivity index (χ2n) is 7.52. The smallest absolute Gasteiger partial charge is 0.405 e. The number of carbonyl (C=O) groups excluding carboxylic acids is 1. The summed E-state index contributed by atoms with van der Waals surface area (Å²) in [6.07, 6.45) is 0.783. The quantitative estimate of drug-likeness (QED) is 0.536. The first-order valence-corrected chi connectivity index (χ1v) is 8.30. The Labute approximate surface area is 151 Å². The molecule has 0 amide bonds. The van der Waals surface area contributed by atoms with Crippen LogP contribution in [-0.4, -0.2) is 20.7 Å². The van der Waals surface area contributed by atoms with Crippen LogP contribution in [0.1, 0.15) is 43.9 Å². The molecular formula is C17H16N4O6. The number of aromatic amines is 2. The van der Waals surface area contributed by atoms with E-state index in [4.69, 9.17) is 4.42 Å². The number of aromatic nitrogens is 2. The fraction of sp³-hybridized carbons (Fsp3) is 0.353. The average Bonchev–Trinajstić information content (AvgIpc) is 3.01. The monoisotopic (exact) mass is 372 g/mol. The number of nitrogens with zero attached hydrogens (tertiary/aromatic N) is 1. The van der Waals surface area contributed by atoms with Gasteiger partial charge in [-0.05, 0) is 17.9 Å². The van der Waals surface area contributed by atoms with Gasteiger partial charge in [-0.25, -0.2) is 4.79 Å². The van der Waals surface area contributed by atoms with E-state index in [9.17, 15) is 24.5 Å². The molecule has 1 atom stereocenters. The normalized spacial score (nSPS) is 20.7. The molecule has 1 unspecified atom stereocenters. The van der Waals surface area contributed by atoms with Gasteiger partial charge in [0.15, 0.2) is 5.78 Å². The minimum atomic E-state index is -0.936. The van der Waals surface area contributed by atoms with Crippen molar-refractivity contribution in [2.45, 2.75) is 32.6 Å². The molecule has 2 aromatic rings. The van der Waals surface area contributed by atoms with Gasteiger partial charge in [-0.3, -0.25) is 29.7 Å². The summed E-state index contributed by atoms with van der Waals surface area (Å²) in [5.41, 5.74) is -0.680. The molecule has 10 nitrogen and oxygen atoms in total. The van der Waals surface area contributed by atoms with Crippen molar-refractivity contribution in [2.75, 3.05) is 5.32 Å². The number of nitrogens with one attached hydrogen (secondary N) is 3. The molecule has 0 fully saturated rings. The summed E-state index contributed by atoms with van der Waals surface area (Å²) in [4.78, 5) is 52.1. The summed E-state index contributed by atoms with van der Waals surface area (Å²) >= 11 is 0. The number of rotatable bonds is 2. The number of ketones is 1. The summed E-state index contributed by atoms with van der Waals surface area (Å²) in [6.45, 7) is 3.89. The van der Waals surface area contributed by atoms with Crippen molar-refractivity contribution in [1.29, 1.82) is 0 Å². The SMILES string of the molecule is CC1(C)CC(=O)C2=C(C1)Nc1[nH]c(=O)[nH]c(=O)c1C2c1ccc([N+](=O)[O-])o1. The largest absolute Gasteiger partial charge is 0.433 e. The van der Waals surface area contributed by atoms with Crippen LogP contribution in [0.5, 0.6) is 0 Å². The lowest BCUT2D eigenvalue weighted by Gasteiger charge is -2.37. The van der Waals surface area contributed by atoms with Gasteiger partial charge in [0.25, 0.3) is 5.56 Å². The number of hydrogen-bond donors (Lipinski definition) is 3. The van der Waals surface area contributed by atoms with Crippen LogP contribution in [0, 0.1) is 15.5 Å². The van der Waals surface area contributed by atoms with Crippen molar-refractivity contribution in [3.63, 3.8) is 0 Å². The highest BCUT2D eigenvalue weighted by molar-refractivity contribution is 6.01. The molecule has 4 rings (SSSR count). The van der Waals surface area contributed by atoms with Gasteiger partial charge in [-0.1, -0.05) is 13.8 Å². The fourth-order valence-electron chi connectivity index (χ4n) is 3.83. The maximum Gasteiger partial charge on any atom is 0.433 e. The summed E-state index contributed by atoms with van der Waals surface area (Å²) in [5.74, 6) is -1.33. The van der Waals surface area contributed by atoms with E-state index in [1.807, 2.05) is 13.8 Å². The zero-order valence-electron chi connectivity index (χ0n) is 14.5. The molecule has 0 aromatic carbocycles. The number of H-pyrrole nitrogens is 2. The minimum absolute atomic E-state index is 0.0886. The van der Waals surface area contributed by atoms with Gasteiger partial charge >= 0.3 is 11.6 Å². The first-order valence-electron chi connectivity index (χ1n) is 8.30. The van der Waals surface area contributed by atoms with Crippen LogP contribution in [0.4, 0.5) is 11.7 Å². The molecule has 1 aliphatic carbocycles. The maximum absolute atomic E-state index is 12.9. The summed E-state index contributed by atoms with van der Waals surface area (Å²) in [5, 5.41) is 14.0. The number of Topliss-reactive ketones (excluding diaryl/α,β-unsaturated/α-hetero) is 1. The molecule has 3 heterocycles. The number of nitro groups is 1. The first kappa shape index (κ1) is 17.0. The zero-order valence-corrected chi connectivity index (χ0v) is 14.5. The fourth-order valence-corrected chi connectivity index (χ4v) is 3.83. The van der Waals surface area contributed by atoms with E-state index in [0.717, 1.165) is 0 Å². The maximum atomic E-state index is 12.9. The van der Waals surface area contributed by atoms with Crippen LogP contribution in [0.2, 0.25) is 0 Å². The van der Waals surface area contributed by atoms with Gasteiger partial charge in [0.2, 0.25) is 0 Å². The van der Waals surface area contributed by atoms with Crippen LogP contribution in [-0.2, 0) is 4.79 Å². The predicted octanol–water partition coefficient (Wildman–Crippen LogP) is 1.77. The number of hydrogen-bond acceptors (Lipinski definition) is 7. The van der Waals surface area contributed by atoms with Crippen LogP contribution < -0.4 is 16.6 Å². The van der Waals surface area contributed by atoms with Crippen LogP contribution in [0.3, 0.4) is 0 Å². The molecule has 140 valence electrons. The topological polar surface area (TPSA) is 151 Å². The van der Waals surface area contributed by atoms with E-state index in [1.165, 1.54) is 12.1 Å². The molecule has 2 aromatic heterocycles. The van der Waals surface area contributed by atoms with E-state index in [1.54, 1.807) is 0 Å². The highest BCUT2D eigenvalue weighted by atomic mass is 16.6. The first-order chi connectivity index (χ1) is 12.7. The Morgan fingerprint density at radius 1 is 1.19 bits per heavy atom. The molecule has 0 radical (unpaired) electrons. The van der Waals surface area contributed by atoms with E-state index in [-0.39, 0.29) is 34.8 Å². The van der Waals surface area contributed by atoms with Gasteiger partial charge in [-0.15, -0.1) is 0 Å². The molecule has 3 N–H and O–H groups in total. The lowest BCUT2D eigenvalue weighted by Crippen LogP contribution is -2.38. The molecule has 2 aliphatic rings. The Hall–Kier alpha value is -3.43. The molecule has 10 heteroatoms. The summed E-state index contributed by atoms with van der Waals surface area (Å²) < 4.78 is 5.32. The van der Waals surface area contributed by atoms with Gasteiger partial charge in [0.1, 0.15) is 16.5 Å². The highest BCUT2D eigenvalue weighted by Crippen LogP contribution is 2.47. The third kappa shape index (κ3) is 2.69.